The molecule has 0 aliphatic carbocycles. The molecule has 1 aromatic carbocycles. The van der Waals surface area contributed by atoms with Crippen molar-refractivity contribution in [3.05, 3.63) is 23.8 Å². The Morgan fingerprint density at radius 2 is 1.89 bits per heavy atom. The molecule has 0 spiro atoms. The second-order valence-corrected chi connectivity index (χ2v) is 3.67. The molecule has 3 amide bonds. The van der Waals surface area contributed by atoms with Gasteiger partial charge in [0.1, 0.15) is 6.61 Å². The van der Waals surface area contributed by atoms with Crippen molar-refractivity contribution in [3.63, 3.8) is 0 Å². The summed E-state index contributed by atoms with van der Waals surface area (Å²) in [7, 11) is 2.98. The van der Waals surface area contributed by atoms with Crippen LogP contribution in [0.1, 0.15) is 5.56 Å². The number of imide groups is 1. The summed E-state index contributed by atoms with van der Waals surface area (Å²) >= 11 is 0. The second-order valence-electron chi connectivity index (χ2n) is 3.67. The Bertz CT molecular complexity index is 475. The fourth-order valence-electron chi connectivity index (χ4n) is 1.54. The van der Waals surface area contributed by atoms with Crippen LogP contribution in [0.4, 0.5) is 4.79 Å². The molecule has 0 heterocycles. The topological polar surface area (TPSA) is 102 Å². The number of rotatable bonds is 5. The van der Waals surface area contributed by atoms with E-state index in [4.69, 9.17) is 20.3 Å². The summed E-state index contributed by atoms with van der Waals surface area (Å²) in [4.78, 5) is 23.2. The number of aliphatic hydroxyl groups is 1. The van der Waals surface area contributed by atoms with Gasteiger partial charge in [-0.1, -0.05) is 6.07 Å². The molecule has 3 N–H and O–H groups in total. The number of carbonyl (C=O) groups excluding carboxylic acids is 2. The first kappa shape index (κ1) is 14.8. The standard InChI is InChI=1S/C12H16N2O5/c1-18-9-4-3-8(5-10(9)19-2)6-14(12(13)17)11(16)7-15/h3-5,15H,6-7H2,1-2H3,(H2,13,17). The highest BCUT2D eigenvalue weighted by Crippen LogP contribution is 2.27. The molecule has 0 bridgehead atoms. The third-order valence-electron chi connectivity index (χ3n) is 2.49. The Balaban J connectivity index is 2.97. The summed E-state index contributed by atoms with van der Waals surface area (Å²) in [6.07, 6.45) is 0. The van der Waals surface area contributed by atoms with E-state index < -0.39 is 18.5 Å². The van der Waals surface area contributed by atoms with Gasteiger partial charge in [-0.05, 0) is 17.7 Å². The molecule has 104 valence electrons. The Morgan fingerprint density at radius 3 is 2.37 bits per heavy atom. The minimum absolute atomic E-state index is 0.0465. The van der Waals surface area contributed by atoms with Gasteiger partial charge in [0.15, 0.2) is 11.5 Å². The van der Waals surface area contributed by atoms with Crippen LogP contribution in [-0.2, 0) is 11.3 Å². The number of hydrogen-bond donors (Lipinski definition) is 2. The first-order valence-corrected chi connectivity index (χ1v) is 5.45. The number of benzene rings is 1. The maximum Gasteiger partial charge on any atom is 0.321 e. The molecular formula is C12H16N2O5. The van der Waals surface area contributed by atoms with Gasteiger partial charge in [-0.2, -0.15) is 0 Å². The fourth-order valence-corrected chi connectivity index (χ4v) is 1.54. The van der Waals surface area contributed by atoms with Crippen molar-refractivity contribution >= 4 is 11.9 Å². The number of primary amides is 1. The molecule has 0 aromatic heterocycles. The Labute approximate surface area is 110 Å². The van der Waals surface area contributed by atoms with Crippen molar-refractivity contribution in [2.45, 2.75) is 6.54 Å². The fraction of sp³-hybridized carbons (Fsp3) is 0.333. The SMILES string of the molecule is COc1ccc(CN(C(N)=O)C(=O)CO)cc1OC. The van der Waals surface area contributed by atoms with Gasteiger partial charge in [0.05, 0.1) is 20.8 Å². The second kappa shape index (κ2) is 6.60. The zero-order valence-electron chi connectivity index (χ0n) is 10.8. The third kappa shape index (κ3) is 3.59. The molecule has 0 unspecified atom stereocenters. The smallest absolute Gasteiger partial charge is 0.321 e. The molecular weight excluding hydrogens is 252 g/mol. The highest BCUT2D eigenvalue weighted by Gasteiger charge is 2.18. The van der Waals surface area contributed by atoms with Crippen LogP contribution in [-0.4, -0.2) is 42.8 Å². The predicted molar refractivity (Wildman–Crippen MR) is 66.8 cm³/mol. The lowest BCUT2D eigenvalue weighted by molar-refractivity contribution is -0.131. The van der Waals surface area contributed by atoms with E-state index in [0.29, 0.717) is 17.1 Å². The number of amides is 3. The average molecular weight is 268 g/mol. The summed E-state index contributed by atoms with van der Waals surface area (Å²) in [5, 5.41) is 8.77. The maximum atomic E-state index is 11.4. The molecule has 19 heavy (non-hydrogen) atoms. The summed E-state index contributed by atoms with van der Waals surface area (Å²) in [6.45, 7) is -0.828. The minimum Gasteiger partial charge on any atom is -0.493 e. The normalized spacial score (nSPS) is 9.84. The van der Waals surface area contributed by atoms with Crippen LogP contribution in [0.25, 0.3) is 0 Å². The number of urea groups is 1. The van der Waals surface area contributed by atoms with E-state index in [-0.39, 0.29) is 6.54 Å². The highest BCUT2D eigenvalue weighted by molar-refractivity contribution is 5.94. The van der Waals surface area contributed by atoms with Crippen LogP contribution in [0, 0.1) is 0 Å². The lowest BCUT2D eigenvalue weighted by atomic mass is 10.2. The van der Waals surface area contributed by atoms with Gasteiger partial charge in [0.2, 0.25) is 0 Å². The van der Waals surface area contributed by atoms with Gasteiger partial charge < -0.3 is 20.3 Å². The number of carbonyl (C=O) groups is 2. The van der Waals surface area contributed by atoms with Crippen molar-refractivity contribution in [3.8, 4) is 11.5 Å². The lowest BCUT2D eigenvalue weighted by Gasteiger charge is -2.18. The Hall–Kier alpha value is -2.28. The van der Waals surface area contributed by atoms with Crippen LogP contribution in [0.5, 0.6) is 11.5 Å². The van der Waals surface area contributed by atoms with E-state index in [0.717, 1.165) is 4.90 Å². The molecule has 0 saturated heterocycles. The van der Waals surface area contributed by atoms with E-state index in [1.54, 1.807) is 18.2 Å². The number of nitrogens with zero attached hydrogens (tertiary/aromatic N) is 1. The van der Waals surface area contributed by atoms with E-state index >= 15 is 0 Å². The largest absolute Gasteiger partial charge is 0.493 e. The molecule has 0 fully saturated rings. The van der Waals surface area contributed by atoms with Gasteiger partial charge in [0, 0.05) is 0 Å². The van der Waals surface area contributed by atoms with Crippen molar-refractivity contribution in [1.29, 1.82) is 0 Å². The Morgan fingerprint density at radius 1 is 1.26 bits per heavy atom. The molecule has 7 heteroatoms. The van der Waals surface area contributed by atoms with Crippen LogP contribution in [0.15, 0.2) is 18.2 Å². The van der Waals surface area contributed by atoms with E-state index in [2.05, 4.69) is 0 Å². The summed E-state index contributed by atoms with van der Waals surface area (Å²) in [6, 6.07) is 4.02. The third-order valence-corrected chi connectivity index (χ3v) is 2.49. The monoisotopic (exact) mass is 268 g/mol. The van der Waals surface area contributed by atoms with Gasteiger partial charge in [0.25, 0.3) is 5.91 Å². The molecule has 0 atom stereocenters. The minimum atomic E-state index is -0.922. The molecule has 0 saturated carbocycles. The molecule has 1 aromatic rings. The summed E-state index contributed by atoms with van der Waals surface area (Å²) in [5.74, 6) is 0.244. The highest BCUT2D eigenvalue weighted by atomic mass is 16.5. The summed E-state index contributed by atoms with van der Waals surface area (Å²) in [5.41, 5.74) is 5.71. The molecule has 1 rings (SSSR count). The zero-order chi connectivity index (χ0) is 14.4. The first-order valence-electron chi connectivity index (χ1n) is 5.45. The lowest BCUT2D eigenvalue weighted by Crippen LogP contribution is -2.41. The van der Waals surface area contributed by atoms with Crippen molar-refractivity contribution in [2.75, 3.05) is 20.8 Å². The van der Waals surface area contributed by atoms with Gasteiger partial charge in [-0.25, -0.2) is 4.79 Å². The number of methoxy groups -OCH3 is 2. The molecule has 7 nitrogen and oxygen atoms in total. The van der Waals surface area contributed by atoms with Gasteiger partial charge in [-0.15, -0.1) is 0 Å². The van der Waals surface area contributed by atoms with E-state index in [1.165, 1.54) is 14.2 Å². The van der Waals surface area contributed by atoms with Crippen molar-refractivity contribution in [1.82, 2.24) is 4.90 Å². The summed E-state index contributed by atoms with van der Waals surface area (Å²) < 4.78 is 10.2. The van der Waals surface area contributed by atoms with Gasteiger partial charge in [-0.3, -0.25) is 9.69 Å². The maximum absolute atomic E-state index is 11.4. The van der Waals surface area contributed by atoms with Crippen LogP contribution >= 0.6 is 0 Å². The molecule has 0 radical (unpaired) electrons. The predicted octanol–water partition coefficient (Wildman–Crippen LogP) is 0.103. The van der Waals surface area contributed by atoms with E-state index in [1.807, 2.05) is 0 Å². The average Bonchev–Trinajstić information content (AvgIpc) is 2.43. The number of aliphatic hydroxyl groups excluding tert-OH is 1. The van der Waals surface area contributed by atoms with Crippen molar-refractivity contribution < 1.29 is 24.2 Å². The first-order chi connectivity index (χ1) is 9.03. The number of ether oxygens (including phenoxy) is 2. The van der Waals surface area contributed by atoms with Crippen molar-refractivity contribution in [2.24, 2.45) is 5.73 Å². The van der Waals surface area contributed by atoms with Crippen LogP contribution in [0.2, 0.25) is 0 Å². The van der Waals surface area contributed by atoms with Crippen LogP contribution in [0.3, 0.4) is 0 Å². The van der Waals surface area contributed by atoms with Crippen LogP contribution < -0.4 is 15.2 Å². The molecule has 0 aliphatic rings. The number of hydrogen-bond acceptors (Lipinski definition) is 5. The quantitative estimate of drug-likeness (QED) is 0.788. The van der Waals surface area contributed by atoms with E-state index in [9.17, 15) is 9.59 Å². The molecule has 0 aliphatic heterocycles. The zero-order valence-corrected chi connectivity index (χ0v) is 10.8. The van der Waals surface area contributed by atoms with Gasteiger partial charge >= 0.3 is 6.03 Å². The number of nitrogens with two attached hydrogens (primary N) is 1. The Kier molecular flexibility index (Phi) is 5.13.